The highest BCUT2D eigenvalue weighted by Crippen LogP contribution is 2.29. The number of hydrogen-bond acceptors (Lipinski definition) is 3. The van der Waals surface area contributed by atoms with Crippen molar-refractivity contribution in [3.05, 3.63) is 58.0 Å². The first-order valence-corrected chi connectivity index (χ1v) is 6.71. The third-order valence-corrected chi connectivity index (χ3v) is 3.70. The predicted molar refractivity (Wildman–Crippen MR) is 76.1 cm³/mol. The van der Waals surface area contributed by atoms with Crippen molar-refractivity contribution in [2.75, 3.05) is 0 Å². The van der Waals surface area contributed by atoms with Gasteiger partial charge in [-0.2, -0.15) is 0 Å². The molecule has 1 aromatic carbocycles. The van der Waals surface area contributed by atoms with E-state index in [1.165, 1.54) is 5.56 Å². The number of halogens is 1. The SMILES string of the molecule is CC(C)c1ccc(C(NN)c2ccoc2Br)cc1. The number of hydrazine groups is 1. The minimum atomic E-state index is -0.0701. The fourth-order valence-corrected chi connectivity index (χ4v) is 2.42. The van der Waals surface area contributed by atoms with Gasteiger partial charge in [-0.25, -0.2) is 5.43 Å². The first-order chi connectivity index (χ1) is 8.63. The van der Waals surface area contributed by atoms with E-state index in [0.717, 1.165) is 11.1 Å². The van der Waals surface area contributed by atoms with Gasteiger partial charge in [0, 0.05) is 5.56 Å². The van der Waals surface area contributed by atoms with Crippen molar-refractivity contribution < 1.29 is 4.42 Å². The van der Waals surface area contributed by atoms with E-state index in [1.807, 2.05) is 6.07 Å². The number of hydrogen-bond donors (Lipinski definition) is 2. The largest absolute Gasteiger partial charge is 0.457 e. The Morgan fingerprint density at radius 3 is 2.17 bits per heavy atom. The summed E-state index contributed by atoms with van der Waals surface area (Å²) >= 11 is 3.38. The highest BCUT2D eigenvalue weighted by atomic mass is 79.9. The van der Waals surface area contributed by atoms with Gasteiger partial charge in [-0.05, 0) is 39.0 Å². The van der Waals surface area contributed by atoms with Crippen LogP contribution in [-0.2, 0) is 0 Å². The van der Waals surface area contributed by atoms with Gasteiger partial charge in [-0.15, -0.1) is 0 Å². The lowest BCUT2D eigenvalue weighted by Gasteiger charge is -2.16. The highest BCUT2D eigenvalue weighted by molar-refractivity contribution is 9.10. The van der Waals surface area contributed by atoms with Crippen molar-refractivity contribution in [1.29, 1.82) is 0 Å². The van der Waals surface area contributed by atoms with E-state index in [4.69, 9.17) is 10.3 Å². The molecule has 1 aromatic heterocycles. The fraction of sp³-hybridized carbons (Fsp3) is 0.286. The van der Waals surface area contributed by atoms with Crippen LogP contribution in [-0.4, -0.2) is 0 Å². The van der Waals surface area contributed by atoms with Gasteiger partial charge in [0.2, 0.25) is 0 Å². The number of nitrogens with one attached hydrogen (secondary N) is 1. The Morgan fingerprint density at radius 1 is 1.11 bits per heavy atom. The number of furan rings is 1. The van der Waals surface area contributed by atoms with Gasteiger partial charge in [0.1, 0.15) is 0 Å². The van der Waals surface area contributed by atoms with E-state index in [9.17, 15) is 0 Å². The molecule has 0 radical (unpaired) electrons. The first kappa shape index (κ1) is 13.3. The van der Waals surface area contributed by atoms with Crippen LogP contribution in [0.25, 0.3) is 0 Å². The number of nitrogens with two attached hydrogens (primary N) is 1. The second-order valence-electron chi connectivity index (χ2n) is 4.57. The topological polar surface area (TPSA) is 51.2 Å². The maximum atomic E-state index is 5.65. The maximum absolute atomic E-state index is 5.65. The normalized spacial score (nSPS) is 12.9. The average Bonchev–Trinajstić information content (AvgIpc) is 2.78. The van der Waals surface area contributed by atoms with Crippen LogP contribution in [0.15, 0.2) is 45.7 Å². The summed E-state index contributed by atoms with van der Waals surface area (Å²) in [6, 6.07) is 10.3. The lowest BCUT2D eigenvalue weighted by atomic mass is 9.97. The molecule has 1 heterocycles. The lowest BCUT2D eigenvalue weighted by Crippen LogP contribution is -2.28. The molecule has 3 nitrogen and oxygen atoms in total. The summed E-state index contributed by atoms with van der Waals surface area (Å²) in [7, 11) is 0. The van der Waals surface area contributed by atoms with E-state index in [1.54, 1.807) is 6.26 Å². The van der Waals surface area contributed by atoms with Gasteiger partial charge in [-0.1, -0.05) is 38.1 Å². The smallest absolute Gasteiger partial charge is 0.174 e. The minimum absolute atomic E-state index is 0.0701. The van der Waals surface area contributed by atoms with Crippen LogP contribution < -0.4 is 11.3 Å². The van der Waals surface area contributed by atoms with Crippen molar-refractivity contribution in [2.45, 2.75) is 25.8 Å². The minimum Gasteiger partial charge on any atom is -0.457 e. The first-order valence-electron chi connectivity index (χ1n) is 5.92. The van der Waals surface area contributed by atoms with Crippen molar-refractivity contribution in [3.63, 3.8) is 0 Å². The van der Waals surface area contributed by atoms with Gasteiger partial charge >= 0.3 is 0 Å². The van der Waals surface area contributed by atoms with Gasteiger partial charge in [0.25, 0.3) is 0 Å². The molecule has 96 valence electrons. The summed E-state index contributed by atoms with van der Waals surface area (Å²) in [6.07, 6.45) is 1.65. The van der Waals surface area contributed by atoms with E-state index >= 15 is 0 Å². The standard InChI is InChI=1S/C14H17BrN2O/c1-9(2)10-3-5-11(6-4-10)13(17-16)12-7-8-18-14(12)15/h3-9,13,17H,16H2,1-2H3. The number of benzene rings is 1. The van der Waals surface area contributed by atoms with E-state index < -0.39 is 0 Å². The molecule has 0 amide bonds. The Hall–Kier alpha value is -1.10. The second kappa shape index (κ2) is 5.69. The van der Waals surface area contributed by atoms with E-state index in [2.05, 4.69) is 59.5 Å². The molecule has 18 heavy (non-hydrogen) atoms. The molecule has 0 aliphatic rings. The second-order valence-corrected chi connectivity index (χ2v) is 5.29. The van der Waals surface area contributed by atoms with Crippen LogP contribution >= 0.6 is 15.9 Å². The summed E-state index contributed by atoms with van der Waals surface area (Å²) < 4.78 is 5.96. The molecule has 0 aliphatic carbocycles. The summed E-state index contributed by atoms with van der Waals surface area (Å²) in [5.74, 6) is 6.18. The van der Waals surface area contributed by atoms with Crippen LogP contribution in [0.2, 0.25) is 0 Å². The van der Waals surface area contributed by atoms with E-state index in [0.29, 0.717) is 10.6 Å². The zero-order valence-electron chi connectivity index (χ0n) is 10.5. The van der Waals surface area contributed by atoms with Crippen LogP contribution in [0.4, 0.5) is 0 Å². The third-order valence-electron chi connectivity index (χ3n) is 3.06. The van der Waals surface area contributed by atoms with Gasteiger partial charge in [-0.3, -0.25) is 5.84 Å². The van der Waals surface area contributed by atoms with Crippen LogP contribution in [0.1, 0.15) is 42.5 Å². The van der Waals surface area contributed by atoms with Gasteiger partial charge in [0.05, 0.1) is 12.3 Å². The summed E-state index contributed by atoms with van der Waals surface area (Å²) in [6.45, 7) is 4.36. The number of rotatable bonds is 4. The molecular formula is C14H17BrN2O. The molecule has 4 heteroatoms. The molecule has 0 bridgehead atoms. The molecule has 2 aromatic rings. The lowest BCUT2D eigenvalue weighted by molar-refractivity contribution is 0.526. The molecular weight excluding hydrogens is 292 g/mol. The van der Waals surface area contributed by atoms with Crippen molar-refractivity contribution in [1.82, 2.24) is 5.43 Å². The fourth-order valence-electron chi connectivity index (χ4n) is 1.95. The third kappa shape index (κ3) is 2.66. The Labute approximate surface area is 115 Å². The molecule has 0 fully saturated rings. The monoisotopic (exact) mass is 308 g/mol. The summed E-state index contributed by atoms with van der Waals surface area (Å²) in [5, 5.41) is 0. The average molecular weight is 309 g/mol. The summed E-state index contributed by atoms with van der Waals surface area (Å²) in [5.41, 5.74) is 6.25. The molecule has 0 saturated carbocycles. The Bertz CT molecular complexity index is 505. The molecule has 0 aliphatic heterocycles. The van der Waals surface area contributed by atoms with Gasteiger partial charge in [0.15, 0.2) is 4.67 Å². The molecule has 1 atom stereocenters. The van der Waals surface area contributed by atoms with Crippen LogP contribution in [0, 0.1) is 0 Å². The Morgan fingerprint density at radius 2 is 1.72 bits per heavy atom. The Kier molecular flexibility index (Phi) is 4.22. The molecule has 1 unspecified atom stereocenters. The zero-order chi connectivity index (χ0) is 13.1. The van der Waals surface area contributed by atoms with E-state index in [-0.39, 0.29) is 6.04 Å². The van der Waals surface area contributed by atoms with Crippen LogP contribution in [0.3, 0.4) is 0 Å². The predicted octanol–water partition coefficient (Wildman–Crippen LogP) is 3.72. The van der Waals surface area contributed by atoms with Crippen LogP contribution in [0.5, 0.6) is 0 Å². The van der Waals surface area contributed by atoms with Crippen molar-refractivity contribution in [3.8, 4) is 0 Å². The van der Waals surface area contributed by atoms with Crippen molar-refractivity contribution in [2.24, 2.45) is 5.84 Å². The molecule has 0 saturated heterocycles. The summed E-state index contributed by atoms with van der Waals surface area (Å²) in [4.78, 5) is 0. The Balaban J connectivity index is 2.31. The molecule has 0 spiro atoms. The van der Waals surface area contributed by atoms with Crippen molar-refractivity contribution >= 4 is 15.9 Å². The quantitative estimate of drug-likeness (QED) is 0.668. The maximum Gasteiger partial charge on any atom is 0.174 e. The zero-order valence-corrected chi connectivity index (χ0v) is 12.1. The highest BCUT2D eigenvalue weighted by Gasteiger charge is 2.17. The van der Waals surface area contributed by atoms with Gasteiger partial charge < -0.3 is 4.42 Å². The molecule has 3 N–H and O–H groups in total. The molecule has 2 rings (SSSR count).